The van der Waals surface area contributed by atoms with Crippen molar-refractivity contribution in [2.75, 3.05) is 40.3 Å². The van der Waals surface area contributed by atoms with E-state index in [1.54, 1.807) is 30.6 Å². The minimum absolute atomic E-state index is 0.000100. The Morgan fingerprint density at radius 2 is 2.00 bits per heavy atom. The number of amides is 2. The lowest BCUT2D eigenvalue weighted by Gasteiger charge is -2.41. The van der Waals surface area contributed by atoms with E-state index in [0.717, 1.165) is 25.8 Å². The van der Waals surface area contributed by atoms with Gasteiger partial charge in [0.25, 0.3) is 10.0 Å². The lowest BCUT2D eigenvalue weighted by molar-refractivity contribution is 0.100. The van der Waals surface area contributed by atoms with Crippen molar-refractivity contribution in [3.05, 3.63) is 12.5 Å². The lowest BCUT2D eigenvalue weighted by Crippen LogP contribution is -2.50. The SMILES string of the molecule is CN(C)C(=O)N1CCC[C@]2(CCN(S(=O)(=O)c3cn(C)cn3)C2)C1. The Kier molecular flexibility index (Phi) is 4.33. The summed E-state index contributed by atoms with van der Waals surface area (Å²) in [6, 6.07) is 0.000100. The summed E-state index contributed by atoms with van der Waals surface area (Å²) >= 11 is 0. The highest BCUT2D eigenvalue weighted by atomic mass is 32.2. The van der Waals surface area contributed by atoms with E-state index in [1.165, 1.54) is 16.8 Å². The lowest BCUT2D eigenvalue weighted by atomic mass is 9.79. The van der Waals surface area contributed by atoms with Gasteiger partial charge in [-0.05, 0) is 19.3 Å². The summed E-state index contributed by atoms with van der Waals surface area (Å²) in [7, 11) is 1.69. The molecule has 9 heteroatoms. The van der Waals surface area contributed by atoms with Gasteiger partial charge >= 0.3 is 6.03 Å². The summed E-state index contributed by atoms with van der Waals surface area (Å²) < 4.78 is 28.7. The highest BCUT2D eigenvalue weighted by molar-refractivity contribution is 7.89. The molecule has 1 aromatic rings. The van der Waals surface area contributed by atoms with Crippen molar-refractivity contribution in [2.24, 2.45) is 12.5 Å². The van der Waals surface area contributed by atoms with Crippen LogP contribution in [0.2, 0.25) is 0 Å². The number of urea groups is 1. The van der Waals surface area contributed by atoms with Crippen LogP contribution in [0.3, 0.4) is 0 Å². The van der Waals surface area contributed by atoms with E-state index in [-0.39, 0.29) is 16.5 Å². The summed E-state index contributed by atoms with van der Waals surface area (Å²) in [5.74, 6) is 0. The van der Waals surface area contributed by atoms with Gasteiger partial charge in [0.2, 0.25) is 0 Å². The van der Waals surface area contributed by atoms with Crippen LogP contribution in [-0.2, 0) is 17.1 Å². The fourth-order valence-electron chi connectivity index (χ4n) is 3.74. The molecule has 2 aliphatic rings. The fraction of sp³-hybridized carbons (Fsp3) is 0.733. The van der Waals surface area contributed by atoms with Gasteiger partial charge in [0, 0.05) is 58.9 Å². The quantitative estimate of drug-likeness (QED) is 0.777. The van der Waals surface area contributed by atoms with Gasteiger partial charge in [0.05, 0.1) is 6.33 Å². The highest BCUT2D eigenvalue weighted by Gasteiger charge is 2.46. The molecule has 1 atom stereocenters. The van der Waals surface area contributed by atoms with Gasteiger partial charge in [0.1, 0.15) is 0 Å². The molecule has 0 saturated carbocycles. The van der Waals surface area contributed by atoms with E-state index in [2.05, 4.69) is 4.98 Å². The predicted molar refractivity (Wildman–Crippen MR) is 88.9 cm³/mol. The molecular formula is C15H25N5O3S. The van der Waals surface area contributed by atoms with Crippen LogP contribution in [-0.4, -0.2) is 78.4 Å². The van der Waals surface area contributed by atoms with E-state index in [1.807, 2.05) is 4.90 Å². The number of aromatic nitrogens is 2. The number of imidazole rings is 1. The zero-order chi connectivity index (χ0) is 17.5. The molecule has 0 aromatic carbocycles. The van der Waals surface area contributed by atoms with Crippen LogP contribution in [0.5, 0.6) is 0 Å². The number of aryl methyl sites for hydroxylation is 1. The summed E-state index contributed by atoms with van der Waals surface area (Å²) in [6.07, 6.45) is 5.69. The van der Waals surface area contributed by atoms with Crippen LogP contribution in [0.15, 0.2) is 17.6 Å². The Bertz CT molecular complexity index is 729. The molecule has 24 heavy (non-hydrogen) atoms. The zero-order valence-corrected chi connectivity index (χ0v) is 15.3. The largest absolute Gasteiger partial charge is 0.339 e. The predicted octanol–water partition coefficient (Wildman–Crippen LogP) is 0.578. The number of piperidine rings is 1. The van der Waals surface area contributed by atoms with Crippen LogP contribution in [0.1, 0.15) is 19.3 Å². The molecule has 1 aromatic heterocycles. The molecule has 1 spiro atoms. The standard InChI is InChI=1S/C15H25N5O3S/c1-17(2)14(21)19-7-4-5-15(10-19)6-8-20(11-15)24(22,23)13-9-18(3)12-16-13/h9,12H,4-8,10-11H2,1-3H3/t15-/m0/s1. The number of carbonyl (C=O) groups is 1. The van der Waals surface area contributed by atoms with Crippen molar-refractivity contribution < 1.29 is 13.2 Å². The number of likely N-dealkylation sites (tertiary alicyclic amines) is 1. The van der Waals surface area contributed by atoms with Crippen molar-refractivity contribution in [1.82, 2.24) is 23.7 Å². The van der Waals surface area contributed by atoms with Crippen LogP contribution in [0.4, 0.5) is 4.79 Å². The molecule has 2 fully saturated rings. The first-order valence-electron chi connectivity index (χ1n) is 8.18. The van der Waals surface area contributed by atoms with Gasteiger partial charge in [-0.3, -0.25) is 0 Å². The second-order valence-corrected chi connectivity index (χ2v) is 9.05. The Labute approximate surface area is 143 Å². The summed E-state index contributed by atoms with van der Waals surface area (Å²) in [5.41, 5.74) is -0.133. The molecule has 2 amide bonds. The third kappa shape index (κ3) is 3.02. The second kappa shape index (κ2) is 6.03. The van der Waals surface area contributed by atoms with Crippen molar-refractivity contribution in [1.29, 1.82) is 0 Å². The summed E-state index contributed by atoms with van der Waals surface area (Å²) in [4.78, 5) is 19.7. The Morgan fingerprint density at radius 1 is 1.25 bits per heavy atom. The Morgan fingerprint density at radius 3 is 2.62 bits per heavy atom. The molecule has 3 rings (SSSR count). The molecule has 3 heterocycles. The molecule has 0 bridgehead atoms. The average Bonchev–Trinajstić information content (AvgIpc) is 3.14. The van der Waals surface area contributed by atoms with Gasteiger partial charge in [-0.2, -0.15) is 4.31 Å². The van der Waals surface area contributed by atoms with Crippen LogP contribution in [0.25, 0.3) is 0 Å². The van der Waals surface area contributed by atoms with Gasteiger partial charge in [-0.15, -0.1) is 0 Å². The van der Waals surface area contributed by atoms with Crippen LogP contribution in [0, 0.1) is 5.41 Å². The topological polar surface area (TPSA) is 78.8 Å². The molecule has 2 saturated heterocycles. The molecule has 8 nitrogen and oxygen atoms in total. The first-order valence-corrected chi connectivity index (χ1v) is 9.62. The van der Waals surface area contributed by atoms with E-state index in [4.69, 9.17) is 0 Å². The van der Waals surface area contributed by atoms with Crippen molar-refractivity contribution in [3.8, 4) is 0 Å². The molecule has 2 aliphatic heterocycles. The Balaban J connectivity index is 1.75. The smallest absolute Gasteiger partial charge is 0.319 e. The molecular weight excluding hydrogens is 330 g/mol. The monoisotopic (exact) mass is 355 g/mol. The van der Waals surface area contributed by atoms with Gasteiger partial charge < -0.3 is 14.4 Å². The van der Waals surface area contributed by atoms with Crippen molar-refractivity contribution in [2.45, 2.75) is 24.3 Å². The first kappa shape index (κ1) is 17.2. The van der Waals surface area contributed by atoms with Crippen LogP contribution >= 0.6 is 0 Å². The van der Waals surface area contributed by atoms with E-state index >= 15 is 0 Å². The van der Waals surface area contributed by atoms with Crippen molar-refractivity contribution in [3.63, 3.8) is 0 Å². The van der Waals surface area contributed by atoms with Gasteiger partial charge in [-0.25, -0.2) is 18.2 Å². The molecule has 0 unspecified atom stereocenters. The number of hydrogen-bond acceptors (Lipinski definition) is 4. The maximum absolute atomic E-state index is 12.8. The number of carbonyl (C=O) groups excluding carboxylic acids is 1. The third-order valence-electron chi connectivity index (χ3n) is 5.00. The maximum atomic E-state index is 12.8. The summed E-state index contributed by atoms with van der Waals surface area (Å²) in [6.45, 7) is 2.32. The minimum Gasteiger partial charge on any atom is -0.339 e. The highest BCUT2D eigenvalue weighted by Crippen LogP contribution is 2.40. The normalized spacial score (nSPS) is 25.4. The van der Waals surface area contributed by atoms with E-state index in [9.17, 15) is 13.2 Å². The minimum atomic E-state index is -3.56. The number of nitrogens with zero attached hydrogens (tertiary/aromatic N) is 5. The fourth-order valence-corrected chi connectivity index (χ4v) is 5.26. The maximum Gasteiger partial charge on any atom is 0.319 e. The zero-order valence-electron chi connectivity index (χ0n) is 14.5. The Hall–Kier alpha value is -1.61. The molecule has 0 aliphatic carbocycles. The van der Waals surface area contributed by atoms with E-state index < -0.39 is 10.0 Å². The first-order chi connectivity index (χ1) is 11.2. The average molecular weight is 355 g/mol. The molecule has 0 radical (unpaired) electrons. The number of sulfonamides is 1. The third-order valence-corrected chi connectivity index (χ3v) is 6.73. The summed E-state index contributed by atoms with van der Waals surface area (Å²) in [5, 5.41) is 0.0964. The van der Waals surface area contributed by atoms with E-state index in [0.29, 0.717) is 19.6 Å². The number of rotatable bonds is 2. The number of hydrogen-bond donors (Lipinski definition) is 0. The van der Waals surface area contributed by atoms with Crippen LogP contribution < -0.4 is 0 Å². The van der Waals surface area contributed by atoms with Gasteiger partial charge in [0.15, 0.2) is 5.03 Å². The molecule has 0 N–H and O–H groups in total. The second-order valence-electron chi connectivity index (χ2n) is 7.17. The van der Waals surface area contributed by atoms with Crippen molar-refractivity contribution >= 4 is 16.1 Å². The molecule has 134 valence electrons. The van der Waals surface area contributed by atoms with Gasteiger partial charge in [-0.1, -0.05) is 0 Å².